The molecule has 2 rings (SSSR count). The molecule has 0 aromatic carbocycles. The van der Waals surface area contributed by atoms with E-state index in [0.29, 0.717) is 23.2 Å². The molecule has 0 unspecified atom stereocenters. The Morgan fingerprint density at radius 2 is 2.25 bits per heavy atom. The van der Waals surface area contributed by atoms with Gasteiger partial charge in [-0.25, -0.2) is 0 Å². The van der Waals surface area contributed by atoms with Gasteiger partial charge in [-0.15, -0.1) is 0 Å². The normalized spacial score (nSPS) is 26.4. The highest BCUT2D eigenvalue weighted by Gasteiger charge is 2.48. The van der Waals surface area contributed by atoms with Crippen LogP contribution in [-0.2, 0) is 4.74 Å². The van der Waals surface area contributed by atoms with Gasteiger partial charge in [-0.05, 0) is 12.8 Å². The molecule has 1 saturated carbocycles. The lowest BCUT2D eigenvalue weighted by atomic mass is 9.63. The summed E-state index contributed by atoms with van der Waals surface area (Å²) in [5.74, 6) is 0. The molecule has 68 valence electrons. The van der Waals surface area contributed by atoms with Crippen LogP contribution in [0.5, 0.6) is 0 Å². The van der Waals surface area contributed by atoms with E-state index in [-0.39, 0.29) is 0 Å². The van der Waals surface area contributed by atoms with Gasteiger partial charge in [0.05, 0.1) is 12.7 Å². The molecular formula is C9H14ClNO. The third-order valence-electron chi connectivity index (χ3n) is 2.80. The van der Waals surface area contributed by atoms with Crippen LogP contribution in [-0.4, -0.2) is 25.8 Å². The summed E-state index contributed by atoms with van der Waals surface area (Å²) in [6.45, 7) is 6.44. The van der Waals surface area contributed by atoms with Gasteiger partial charge in [0.1, 0.15) is 0 Å². The Labute approximate surface area is 77.9 Å². The fraction of sp³-hybridized carbons (Fsp3) is 0.778. The first-order valence-electron chi connectivity index (χ1n) is 4.36. The van der Waals surface area contributed by atoms with Crippen molar-refractivity contribution >= 4 is 11.6 Å². The Kier molecular flexibility index (Phi) is 2.15. The molecule has 0 aromatic heterocycles. The molecule has 1 aliphatic heterocycles. The van der Waals surface area contributed by atoms with Crippen LogP contribution in [0.25, 0.3) is 0 Å². The van der Waals surface area contributed by atoms with Crippen LogP contribution in [0, 0.1) is 5.41 Å². The summed E-state index contributed by atoms with van der Waals surface area (Å²) in [5.41, 5.74) is 0.596. The van der Waals surface area contributed by atoms with Crippen molar-refractivity contribution < 1.29 is 4.74 Å². The molecular weight excluding hydrogens is 174 g/mol. The lowest BCUT2D eigenvalue weighted by Crippen LogP contribution is -2.62. The maximum atomic E-state index is 5.59. The summed E-state index contributed by atoms with van der Waals surface area (Å²) in [6.07, 6.45) is 2.83. The summed E-state index contributed by atoms with van der Waals surface area (Å²) in [4.78, 5) is 0. The van der Waals surface area contributed by atoms with Gasteiger partial charge in [0.15, 0.2) is 0 Å². The molecule has 0 bridgehead atoms. The van der Waals surface area contributed by atoms with Gasteiger partial charge < -0.3 is 10.1 Å². The molecule has 2 aliphatic rings. The highest BCUT2D eigenvalue weighted by Crippen LogP contribution is 2.45. The van der Waals surface area contributed by atoms with E-state index in [0.717, 1.165) is 0 Å². The average molecular weight is 188 g/mol. The van der Waals surface area contributed by atoms with E-state index in [9.17, 15) is 0 Å². The molecule has 2 fully saturated rings. The molecule has 1 aliphatic carbocycles. The predicted octanol–water partition coefficient (Wildman–Crippen LogP) is 1.51. The van der Waals surface area contributed by atoms with Crippen LogP contribution in [0.1, 0.15) is 12.8 Å². The SMILES string of the molecule is C=C(Cl)COC1CC2(CNC2)C1. The first kappa shape index (κ1) is 8.54. The first-order valence-corrected chi connectivity index (χ1v) is 4.74. The summed E-state index contributed by atoms with van der Waals surface area (Å²) in [6, 6.07) is 0. The molecule has 1 N–H and O–H groups in total. The number of ether oxygens (including phenoxy) is 1. The zero-order valence-electron chi connectivity index (χ0n) is 7.11. The molecule has 0 radical (unpaired) electrons. The maximum absolute atomic E-state index is 5.59. The lowest BCUT2D eigenvalue weighted by molar-refractivity contribution is -0.0959. The van der Waals surface area contributed by atoms with Crippen LogP contribution in [0.2, 0.25) is 0 Å². The third kappa shape index (κ3) is 1.51. The lowest BCUT2D eigenvalue weighted by Gasteiger charge is -2.53. The Morgan fingerprint density at radius 3 is 2.67 bits per heavy atom. The summed E-state index contributed by atoms with van der Waals surface area (Å²) >= 11 is 5.59. The van der Waals surface area contributed by atoms with Gasteiger partial charge in [-0.1, -0.05) is 18.2 Å². The van der Waals surface area contributed by atoms with E-state index in [1.807, 2.05) is 0 Å². The van der Waals surface area contributed by atoms with Crippen molar-refractivity contribution in [1.29, 1.82) is 0 Å². The van der Waals surface area contributed by atoms with Gasteiger partial charge in [0.25, 0.3) is 0 Å². The Bertz CT molecular complexity index is 193. The standard InChI is InChI=1S/C9H14ClNO/c1-7(10)4-12-8-2-9(3-8)5-11-6-9/h8,11H,1-6H2. The van der Waals surface area contributed by atoms with E-state index >= 15 is 0 Å². The smallest absolute Gasteiger partial charge is 0.0820 e. The van der Waals surface area contributed by atoms with Gasteiger partial charge in [0.2, 0.25) is 0 Å². The molecule has 0 atom stereocenters. The van der Waals surface area contributed by atoms with Crippen molar-refractivity contribution in [1.82, 2.24) is 5.32 Å². The molecule has 3 heteroatoms. The largest absolute Gasteiger partial charge is 0.373 e. The fourth-order valence-electron chi connectivity index (χ4n) is 2.00. The highest BCUT2D eigenvalue weighted by atomic mass is 35.5. The van der Waals surface area contributed by atoms with Crippen molar-refractivity contribution in [2.45, 2.75) is 18.9 Å². The molecule has 0 aromatic rings. The minimum atomic E-state index is 0.433. The molecule has 1 spiro atoms. The number of hydrogen-bond donors (Lipinski definition) is 1. The molecule has 2 nitrogen and oxygen atoms in total. The second-order valence-corrected chi connectivity index (χ2v) is 4.50. The maximum Gasteiger partial charge on any atom is 0.0820 e. The van der Waals surface area contributed by atoms with Gasteiger partial charge in [0, 0.05) is 23.5 Å². The van der Waals surface area contributed by atoms with Crippen molar-refractivity contribution in [3.8, 4) is 0 Å². The summed E-state index contributed by atoms with van der Waals surface area (Å²) in [5, 5.41) is 3.89. The predicted molar refractivity (Wildman–Crippen MR) is 49.3 cm³/mol. The minimum absolute atomic E-state index is 0.433. The Hall–Kier alpha value is -0.0500. The minimum Gasteiger partial charge on any atom is -0.373 e. The van der Waals surface area contributed by atoms with Crippen molar-refractivity contribution in [2.75, 3.05) is 19.7 Å². The van der Waals surface area contributed by atoms with Gasteiger partial charge in [-0.3, -0.25) is 0 Å². The van der Waals surface area contributed by atoms with Crippen molar-refractivity contribution in [2.24, 2.45) is 5.41 Å². The summed E-state index contributed by atoms with van der Waals surface area (Å²) < 4.78 is 5.51. The van der Waals surface area contributed by atoms with Gasteiger partial charge >= 0.3 is 0 Å². The zero-order chi connectivity index (χ0) is 8.60. The second-order valence-electron chi connectivity index (χ2n) is 3.96. The molecule has 1 saturated heterocycles. The van der Waals surface area contributed by atoms with Crippen LogP contribution >= 0.6 is 11.6 Å². The average Bonchev–Trinajstić information content (AvgIpc) is 1.79. The van der Waals surface area contributed by atoms with E-state index < -0.39 is 0 Å². The topological polar surface area (TPSA) is 21.3 Å². The van der Waals surface area contributed by atoms with Crippen molar-refractivity contribution in [3.63, 3.8) is 0 Å². The number of hydrogen-bond acceptors (Lipinski definition) is 2. The van der Waals surface area contributed by atoms with Crippen LogP contribution in [0.4, 0.5) is 0 Å². The highest BCUT2D eigenvalue weighted by molar-refractivity contribution is 6.29. The Morgan fingerprint density at radius 1 is 1.58 bits per heavy atom. The second kappa shape index (κ2) is 3.02. The van der Waals surface area contributed by atoms with E-state index in [2.05, 4.69) is 11.9 Å². The fourth-order valence-corrected chi connectivity index (χ4v) is 2.06. The van der Waals surface area contributed by atoms with Crippen molar-refractivity contribution in [3.05, 3.63) is 11.6 Å². The quantitative estimate of drug-likeness (QED) is 0.723. The molecule has 1 heterocycles. The number of halogens is 1. The number of nitrogens with one attached hydrogen (secondary N) is 1. The molecule has 0 amide bonds. The monoisotopic (exact) mass is 187 g/mol. The van der Waals surface area contributed by atoms with E-state index in [1.165, 1.54) is 25.9 Å². The third-order valence-corrected chi connectivity index (χ3v) is 2.91. The van der Waals surface area contributed by atoms with Crippen LogP contribution in [0.3, 0.4) is 0 Å². The first-order chi connectivity index (χ1) is 5.70. The van der Waals surface area contributed by atoms with Crippen LogP contribution < -0.4 is 5.32 Å². The zero-order valence-corrected chi connectivity index (χ0v) is 7.86. The summed E-state index contributed by atoms with van der Waals surface area (Å²) in [7, 11) is 0. The number of rotatable bonds is 3. The molecule has 12 heavy (non-hydrogen) atoms. The van der Waals surface area contributed by atoms with E-state index in [1.54, 1.807) is 0 Å². The Balaban J connectivity index is 1.64. The van der Waals surface area contributed by atoms with Gasteiger partial charge in [-0.2, -0.15) is 0 Å². The van der Waals surface area contributed by atoms with E-state index in [4.69, 9.17) is 16.3 Å². The van der Waals surface area contributed by atoms with Crippen LogP contribution in [0.15, 0.2) is 11.6 Å².